The Labute approximate surface area is 195 Å². The minimum atomic E-state index is -0.0172. The lowest BCUT2D eigenvalue weighted by molar-refractivity contribution is -0.139. The second kappa shape index (κ2) is 9.02. The molecule has 0 bridgehead atoms. The first-order valence-corrected chi connectivity index (χ1v) is 13.2. The summed E-state index contributed by atoms with van der Waals surface area (Å²) in [5, 5.41) is 1.34. The van der Waals surface area contributed by atoms with Gasteiger partial charge in [-0.05, 0) is 44.1 Å². The molecule has 0 radical (unpaired) electrons. The maximum Gasteiger partial charge on any atom is 0.263 e. The molecule has 0 unspecified atom stereocenters. The monoisotopic (exact) mass is 472 g/mol. The second-order valence-corrected chi connectivity index (χ2v) is 10.8. The number of hydrogen-bond donors (Lipinski definition) is 0. The van der Waals surface area contributed by atoms with E-state index in [2.05, 4.69) is 6.58 Å². The highest BCUT2D eigenvalue weighted by atomic mass is 32.2. The van der Waals surface area contributed by atoms with Crippen LogP contribution in [0.1, 0.15) is 36.1 Å². The summed E-state index contributed by atoms with van der Waals surface area (Å²) in [6.45, 7) is 6.54. The van der Waals surface area contributed by atoms with E-state index in [0.29, 0.717) is 37.9 Å². The first-order chi connectivity index (χ1) is 15.6. The standard InChI is InChI=1S/C23H28N4O3S2/c1-2-9-27-22(30)19-16-5-3-4-6-17(16)32-20(19)24-23(27)31-14-18(28)25-10-12-26(13-11-25)21(29)15-7-8-15/h2,15H,1,3-14H2. The molecule has 2 amide bonds. The Morgan fingerprint density at radius 3 is 2.56 bits per heavy atom. The van der Waals surface area contributed by atoms with Gasteiger partial charge in [-0.15, -0.1) is 17.9 Å². The van der Waals surface area contributed by atoms with E-state index in [0.717, 1.165) is 48.7 Å². The van der Waals surface area contributed by atoms with Crippen LogP contribution in [0.4, 0.5) is 0 Å². The van der Waals surface area contributed by atoms with Crippen LogP contribution in [0.3, 0.4) is 0 Å². The van der Waals surface area contributed by atoms with E-state index in [1.165, 1.54) is 22.2 Å². The number of aryl methyl sites for hydroxylation is 2. The highest BCUT2D eigenvalue weighted by Crippen LogP contribution is 2.35. The molecule has 2 aliphatic carbocycles. The van der Waals surface area contributed by atoms with Gasteiger partial charge in [0.2, 0.25) is 11.8 Å². The van der Waals surface area contributed by atoms with Crippen LogP contribution in [0.25, 0.3) is 10.2 Å². The van der Waals surface area contributed by atoms with Crippen LogP contribution in [-0.4, -0.2) is 63.1 Å². The number of thiophene rings is 1. The van der Waals surface area contributed by atoms with E-state index in [9.17, 15) is 14.4 Å². The van der Waals surface area contributed by atoms with Crippen molar-refractivity contribution in [2.24, 2.45) is 5.92 Å². The summed E-state index contributed by atoms with van der Waals surface area (Å²) in [6.07, 6.45) is 7.96. The SMILES string of the molecule is C=CCn1c(SCC(=O)N2CCN(C(=O)C3CC3)CC2)nc2sc3c(c2c1=O)CCCC3. The molecule has 3 aliphatic rings. The van der Waals surface area contributed by atoms with Crippen LogP contribution < -0.4 is 5.56 Å². The molecule has 3 heterocycles. The molecule has 0 spiro atoms. The number of carbonyl (C=O) groups excluding carboxylic acids is 2. The number of hydrogen-bond acceptors (Lipinski definition) is 6. The highest BCUT2D eigenvalue weighted by Gasteiger charge is 2.35. The fourth-order valence-corrected chi connectivity index (χ4v) is 6.82. The Hall–Kier alpha value is -2.13. The number of allylic oxidation sites excluding steroid dienone is 1. The number of thioether (sulfide) groups is 1. The van der Waals surface area contributed by atoms with Crippen molar-refractivity contribution in [1.82, 2.24) is 19.4 Å². The normalized spacial score (nSPS) is 18.6. The largest absolute Gasteiger partial charge is 0.339 e. The maximum absolute atomic E-state index is 13.3. The van der Waals surface area contributed by atoms with Gasteiger partial charge < -0.3 is 9.80 Å². The minimum absolute atomic E-state index is 0.0172. The van der Waals surface area contributed by atoms with Crippen LogP contribution in [-0.2, 0) is 29.0 Å². The summed E-state index contributed by atoms with van der Waals surface area (Å²) in [6, 6.07) is 0. The lowest BCUT2D eigenvalue weighted by atomic mass is 9.97. The van der Waals surface area contributed by atoms with Gasteiger partial charge in [0.25, 0.3) is 5.56 Å². The van der Waals surface area contributed by atoms with E-state index in [-0.39, 0.29) is 29.0 Å². The van der Waals surface area contributed by atoms with Crippen molar-refractivity contribution in [3.63, 3.8) is 0 Å². The number of rotatable bonds is 6. The smallest absolute Gasteiger partial charge is 0.263 e. The molecule has 2 fully saturated rings. The van der Waals surface area contributed by atoms with Crippen LogP contribution in [0.15, 0.2) is 22.6 Å². The Morgan fingerprint density at radius 1 is 1.12 bits per heavy atom. The van der Waals surface area contributed by atoms with Gasteiger partial charge in [0.1, 0.15) is 4.83 Å². The number of nitrogens with zero attached hydrogens (tertiary/aromatic N) is 4. The molecule has 2 aromatic rings. The summed E-state index contributed by atoms with van der Waals surface area (Å²) in [5.74, 6) is 0.726. The molecule has 1 saturated heterocycles. The second-order valence-electron chi connectivity index (χ2n) is 8.76. The Morgan fingerprint density at radius 2 is 1.84 bits per heavy atom. The van der Waals surface area contributed by atoms with Gasteiger partial charge in [-0.25, -0.2) is 4.98 Å². The van der Waals surface area contributed by atoms with E-state index >= 15 is 0 Å². The van der Waals surface area contributed by atoms with Gasteiger partial charge in [-0.1, -0.05) is 17.8 Å². The predicted molar refractivity (Wildman–Crippen MR) is 127 cm³/mol. The third-order valence-electron chi connectivity index (χ3n) is 6.55. The van der Waals surface area contributed by atoms with Crippen LogP contribution in [0.5, 0.6) is 0 Å². The molecule has 32 heavy (non-hydrogen) atoms. The number of fused-ring (bicyclic) bond motifs is 3. The highest BCUT2D eigenvalue weighted by molar-refractivity contribution is 7.99. The molecular weight excluding hydrogens is 444 g/mol. The van der Waals surface area contributed by atoms with Crippen molar-refractivity contribution in [2.75, 3.05) is 31.9 Å². The molecule has 0 N–H and O–H groups in total. The first-order valence-electron chi connectivity index (χ1n) is 11.4. The molecule has 5 rings (SSSR count). The number of piperazine rings is 1. The summed E-state index contributed by atoms with van der Waals surface area (Å²) < 4.78 is 1.65. The summed E-state index contributed by atoms with van der Waals surface area (Å²) in [5.41, 5.74) is 1.16. The zero-order chi connectivity index (χ0) is 22.2. The first kappa shape index (κ1) is 21.7. The summed E-state index contributed by atoms with van der Waals surface area (Å²) in [4.78, 5) is 49.0. The molecule has 170 valence electrons. The summed E-state index contributed by atoms with van der Waals surface area (Å²) >= 11 is 2.96. The van der Waals surface area contributed by atoms with Crippen LogP contribution in [0, 0.1) is 5.92 Å². The fraction of sp³-hybridized carbons (Fsp3) is 0.565. The Kier molecular flexibility index (Phi) is 6.11. The van der Waals surface area contributed by atoms with Crippen LogP contribution >= 0.6 is 23.1 Å². The van der Waals surface area contributed by atoms with Crippen molar-refractivity contribution in [1.29, 1.82) is 0 Å². The summed E-state index contributed by atoms with van der Waals surface area (Å²) in [7, 11) is 0. The molecule has 1 saturated carbocycles. The number of amides is 2. The predicted octanol–water partition coefficient (Wildman–Crippen LogP) is 2.70. The molecule has 0 aromatic carbocycles. The third-order valence-corrected chi connectivity index (χ3v) is 8.69. The maximum atomic E-state index is 13.3. The van der Waals surface area contributed by atoms with Gasteiger partial charge in [0.15, 0.2) is 5.16 Å². The van der Waals surface area contributed by atoms with E-state index in [1.807, 2.05) is 9.80 Å². The number of aromatic nitrogens is 2. The van der Waals surface area contributed by atoms with E-state index in [4.69, 9.17) is 4.98 Å². The topological polar surface area (TPSA) is 75.5 Å². The molecule has 7 nitrogen and oxygen atoms in total. The van der Waals surface area contributed by atoms with Crippen molar-refractivity contribution >= 4 is 45.1 Å². The lowest BCUT2D eigenvalue weighted by Gasteiger charge is -2.34. The van der Waals surface area contributed by atoms with Gasteiger partial charge >= 0.3 is 0 Å². The quantitative estimate of drug-likeness (QED) is 0.367. The van der Waals surface area contributed by atoms with E-state index in [1.54, 1.807) is 22.0 Å². The average Bonchev–Trinajstić information content (AvgIpc) is 3.59. The van der Waals surface area contributed by atoms with Crippen molar-refractivity contribution in [3.05, 3.63) is 33.4 Å². The minimum Gasteiger partial charge on any atom is -0.339 e. The van der Waals surface area contributed by atoms with Gasteiger partial charge in [-0.3, -0.25) is 19.0 Å². The molecular formula is C23H28N4O3S2. The number of carbonyl (C=O) groups is 2. The molecule has 2 aromatic heterocycles. The van der Waals surface area contributed by atoms with Crippen molar-refractivity contribution < 1.29 is 9.59 Å². The third kappa shape index (κ3) is 4.12. The fourth-order valence-electron chi connectivity index (χ4n) is 4.60. The zero-order valence-electron chi connectivity index (χ0n) is 18.2. The molecule has 9 heteroatoms. The Bertz CT molecular complexity index is 1130. The van der Waals surface area contributed by atoms with Gasteiger partial charge in [0, 0.05) is 43.5 Å². The Balaban J connectivity index is 1.30. The molecule has 1 aliphatic heterocycles. The zero-order valence-corrected chi connectivity index (χ0v) is 19.8. The van der Waals surface area contributed by atoms with E-state index < -0.39 is 0 Å². The lowest BCUT2D eigenvalue weighted by Crippen LogP contribution is -2.51. The van der Waals surface area contributed by atoms with Gasteiger partial charge in [-0.2, -0.15) is 0 Å². The van der Waals surface area contributed by atoms with Crippen molar-refractivity contribution in [2.45, 2.75) is 50.2 Å². The van der Waals surface area contributed by atoms with Crippen molar-refractivity contribution in [3.8, 4) is 0 Å². The van der Waals surface area contributed by atoms with Crippen LogP contribution in [0.2, 0.25) is 0 Å². The molecule has 0 atom stereocenters. The average molecular weight is 473 g/mol. The van der Waals surface area contributed by atoms with Gasteiger partial charge in [0.05, 0.1) is 11.1 Å².